The zero-order valence-corrected chi connectivity index (χ0v) is 15.5. The summed E-state index contributed by atoms with van der Waals surface area (Å²) in [6, 6.07) is 9.86. The third-order valence-corrected chi connectivity index (χ3v) is 4.72. The number of ether oxygens (including phenoxy) is 2. The van der Waals surface area contributed by atoms with Gasteiger partial charge in [0.1, 0.15) is 17.5 Å². The van der Waals surface area contributed by atoms with E-state index >= 15 is 0 Å². The molecule has 1 atom stereocenters. The number of nitrogens with zero attached hydrogens (tertiary/aromatic N) is 1. The van der Waals surface area contributed by atoms with Crippen LogP contribution in [0, 0.1) is 0 Å². The molecule has 0 saturated carbocycles. The largest absolute Gasteiger partial charge is 0.495 e. The zero-order chi connectivity index (χ0) is 18.8. The molecule has 7 heteroatoms. The number of fused-ring (bicyclic) bond motifs is 1. The Bertz CT molecular complexity index is 869. The lowest BCUT2D eigenvalue weighted by Gasteiger charge is -2.24. The van der Waals surface area contributed by atoms with Gasteiger partial charge in [0.2, 0.25) is 5.91 Å². The molecular formula is C19H19ClN2O4. The van der Waals surface area contributed by atoms with E-state index in [4.69, 9.17) is 21.1 Å². The summed E-state index contributed by atoms with van der Waals surface area (Å²) in [5.74, 6) is 0.385. The first-order valence-corrected chi connectivity index (χ1v) is 8.45. The van der Waals surface area contributed by atoms with E-state index in [1.165, 1.54) is 19.1 Å². The smallest absolute Gasteiger partial charge is 0.255 e. The molecule has 2 aromatic rings. The average Bonchev–Trinajstić information content (AvgIpc) is 2.98. The second-order valence-electron chi connectivity index (χ2n) is 5.94. The molecule has 0 saturated heterocycles. The Morgan fingerprint density at radius 3 is 2.54 bits per heavy atom. The maximum absolute atomic E-state index is 12.7. The highest BCUT2D eigenvalue weighted by atomic mass is 35.5. The van der Waals surface area contributed by atoms with E-state index in [-0.39, 0.29) is 11.8 Å². The van der Waals surface area contributed by atoms with Gasteiger partial charge in [-0.1, -0.05) is 29.8 Å². The number of hydrogen-bond donors (Lipinski definition) is 1. The summed E-state index contributed by atoms with van der Waals surface area (Å²) in [5.41, 5.74) is 1.97. The SMILES string of the molecule is COc1cc(OC)c(NC(=O)C(C)N2Cc3ccccc3C2=O)cc1Cl. The molecule has 1 unspecified atom stereocenters. The highest BCUT2D eigenvalue weighted by Gasteiger charge is 2.33. The van der Waals surface area contributed by atoms with Gasteiger partial charge in [-0.15, -0.1) is 0 Å². The van der Waals surface area contributed by atoms with E-state index in [2.05, 4.69) is 5.32 Å². The number of hydrogen-bond acceptors (Lipinski definition) is 4. The van der Waals surface area contributed by atoms with Crippen molar-refractivity contribution in [2.75, 3.05) is 19.5 Å². The van der Waals surface area contributed by atoms with Crippen molar-refractivity contribution in [1.82, 2.24) is 4.90 Å². The Labute approximate surface area is 156 Å². The fourth-order valence-electron chi connectivity index (χ4n) is 2.93. The molecular weight excluding hydrogens is 356 g/mol. The number of rotatable bonds is 5. The van der Waals surface area contributed by atoms with Crippen LogP contribution in [0.1, 0.15) is 22.8 Å². The van der Waals surface area contributed by atoms with Crippen LogP contribution in [0.3, 0.4) is 0 Å². The van der Waals surface area contributed by atoms with Crippen LogP contribution in [0.4, 0.5) is 5.69 Å². The standard InChI is InChI=1S/C19H19ClN2O4/c1-11(22-10-12-6-4-5-7-13(12)19(22)24)18(23)21-15-8-14(20)16(25-2)9-17(15)26-3/h4-9,11H,10H2,1-3H3,(H,21,23). The van der Waals surface area contributed by atoms with E-state index < -0.39 is 6.04 Å². The van der Waals surface area contributed by atoms with Gasteiger partial charge in [-0.3, -0.25) is 9.59 Å². The van der Waals surface area contributed by atoms with Gasteiger partial charge in [-0.2, -0.15) is 0 Å². The maximum atomic E-state index is 12.7. The quantitative estimate of drug-likeness (QED) is 0.871. The number of benzene rings is 2. The predicted molar refractivity (Wildman–Crippen MR) is 99.0 cm³/mol. The minimum atomic E-state index is -0.652. The second-order valence-corrected chi connectivity index (χ2v) is 6.35. The predicted octanol–water partition coefficient (Wildman–Crippen LogP) is 3.34. The molecule has 6 nitrogen and oxygen atoms in total. The van der Waals surface area contributed by atoms with Crippen molar-refractivity contribution in [1.29, 1.82) is 0 Å². The minimum Gasteiger partial charge on any atom is -0.495 e. The highest BCUT2D eigenvalue weighted by molar-refractivity contribution is 6.32. The van der Waals surface area contributed by atoms with Crippen LogP contribution in [-0.2, 0) is 11.3 Å². The third kappa shape index (κ3) is 3.20. The third-order valence-electron chi connectivity index (χ3n) is 4.43. The molecule has 0 bridgehead atoms. The number of nitrogens with one attached hydrogen (secondary N) is 1. The van der Waals surface area contributed by atoms with Gasteiger partial charge in [0.25, 0.3) is 5.91 Å². The maximum Gasteiger partial charge on any atom is 0.255 e. The molecule has 26 heavy (non-hydrogen) atoms. The molecule has 0 spiro atoms. The average molecular weight is 375 g/mol. The minimum absolute atomic E-state index is 0.150. The van der Waals surface area contributed by atoms with Crippen LogP contribution in [0.5, 0.6) is 11.5 Å². The first-order valence-electron chi connectivity index (χ1n) is 8.07. The summed E-state index contributed by atoms with van der Waals surface area (Å²) < 4.78 is 10.4. The van der Waals surface area contributed by atoms with Gasteiger partial charge in [0, 0.05) is 18.2 Å². The molecule has 1 N–H and O–H groups in total. The van der Waals surface area contributed by atoms with Crippen LogP contribution < -0.4 is 14.8 Å². The van der Waals surface area contributed by atoms with Crippen molar-refractivity contribution in [3.05, 3.63) is 52.5 Å². The number of anilines is 1. The molecule has 1 aliphatic heterocycles. The Morgan fingerprint density at radius 2 is 1.88 bits per heavy atom. The van der Waals surface area contributed by atoms with Gasteiger partial charge in [-0.05, 0) is 24.6 Å². The number of halogens is 1. The van der Waals surface area contributed by atoms with E-state index in [0.717, 1.165) is 5.56 Å². The van der Waals surface area contributed by atoms with Crippen LogP contribution in [0.15, 0.2) is 36.4 Å². The van der Waals surface area contributed by atoms with Crippen LogP contribution in [0.2, 0.25) is 5.02 Å². The summed E-state index contributed by atoms with van der Waals surface area (Å²) in [7, 11) is 2.99. The lowest BCUT2D eigenvalue weighted by atomic mass is 10.1. The summed E-state index contributed by atoms with van der Waals surface area (Å²) >= 11 is 6.14. The van der Waals surface area contributed by atoms with Crippen LogP contribution in [0.25, 0.3) is 0 Å². The molecule has 0 aromatic heterocycles. The van der Waals surface area contributed by atoms with Crippen LogP contribution >= 0.6 is 11.6 Å². The monoisotopic (exact) mass is 374 g/mol. The molecule has 0 aliphatic carbocycles. The van der Waals surface area contributed by atoms with Gasteiger partial charge in [-0.25, -0.2) is 0 Å². The van der Waals surface area contributed by atoms with E-state index in [1.807, 2.05) is 18.2 Å². The highest BCUT2D eigenvalue weighted by Crippen LogP contribution is 2.36. The van der Waals surface area contributed by atoms with Crippen molar-refractivity contribution in [3.63, 3.8) is 0 Å². The normalized spacial score (nSPS) is 14.0. The Kier molecular flexibility index (Phi) is 5.04. The molecule has 0 radical (unpaired) electrons. The molecule has 136 valence electrons. The Hall–Kier alpha value is -2.73. The van der Waals surface area contributed by atoms with Crippen molar-refractivity contribution in [3.8, 4) is 11.5 Å². The van der Waals surface area contributed by atoms with Gasteiger partial charge >= 0.3 is 0 Å². The number of carbonyl (C=O) groups is 2. The fourth-order valence-corrected chi connectivity index (χ4v) is 3.17. The number of amides is 2. The van der Waals surface area contributed by atoms with E-state index in [0.29, 0.717) is 34.3 Å². The molecule has 2 aromatic carbocycles. The first kappa shape index (κ1) is 18.1. The van der Waals surface area contributed by atoms with Gasteiger partial charge < -0.3 is 19.7 Å². The van der Waals surface area contributed by atoms with Crippen molar-refractivity contribution in [2.45, 2.75) is 19.5 Å². The summed E-state index contributed by atoms with van der Waals surface area (Å²) in [4.78, 5) is 26.8. The molecule has 1 aliphatic rings. The van der Waals surface area contributed by atoms with E-state index in [1.54, 1.807) is 25.1 Å². The van der Waals surface area contributed by atoms with Crippen LogP contribution in [-0.4, -0.2) is 37.0 Å². The summed E-state index contributed by atoms with van der Waals surface area (Å²) in [6.45, 7) is 2.10. The lowest BCUT2D eigenvalue weighted by Crippen LogP contribution is -2.42. The van der Waals surface area contributed by atoms with Gasteiger partial charge in [0.05, 0.1) is 24.9 Å². The number of methoxy groups -OCH3 is 2. The first-order chi connectivity index (χ1) is 12.5. The Balaban J connectivity index is 1.79. The molecule has 1 heterocycles. The van der Waals surface area contributed by atoms with Crippen molar-refractivity contribution < 1.29 is 19.1 Å². The summed E-state index contributed by atoms with van der Waals surface area (Å²) in [5, 5.41) is 3.13. The number of carbonyl (C=O) groups excluding carboxylic acids is 2. The Morgan fingerprint density at radius 1 is 1.19 bits per heavy atom. The van der Waals surface area contributed by atoms with Crippen molar-refractivity contribution >= 4 is 29.1 Å². The molecule has 3 rings (SSSR count). The fraction of sp³-hybridized carbons (Fsp3) is 0.263. The lowest BCUT2D eigenvalue weighted by molar-refractivity contribution is -0.120. The second kappa shape index (κ2) is 7.25. The molecule has 2 amide bonds. The van der Waals surface area contributed by atoms with Crippen molar-refractivity contribution in [2.24, 2.45) is 0 Å². The molecule has 0 fully saturated rings. The zero-order valence-electron chi connectivity index (χ0n) is 14.7. The topological polar surface area (TPSA) is 67.9 Å². The summed E-state index contributed by atoms with van der Waals surface area (Å²) in [6.07, 6.45) is 0. The van der Waals surface area contributed by atoms with Gasteiger partial charge in [0.15, 0.2) is 0 Å². The van der Waals surface area contributed by atoms with E-state index in [9.17, 15) is 9.59 Å².